The Morgan fingerprint density at radius 3 is 2.48 bits per heavy atom. The van der Waals surface area contributed by atoms with Crippen LogP contribution in [0.5, 0.6) is 0 Å². The monoisotopic (exact) mass is 425 g/mol. The lowest BCUT2D eigenvalue weighted by atomic mass is 10.2. The van der Waals surface area contributed by atoms with Gasteiger partial charge < -0.3 is 16.4 Å². The number of nitrogens with zero attached hydrogens (tertiary/aromatic N) is 2. The molecule has 0 unspecified atom stereocenters. The molecule has 1 amide bonds. The first-order chi connectivity index (χ1) is 15.0. The standard InChI is InChI=1S/C24H19N5OS/c1-15-2-11-21-22(12-15)31-24(29-21)16-3-7-19(8-4-16)27-14-17(13-25)23(30)28-20-9-5-18(26)6-10-20/h2-12,14,27H,26H2,1H3,(H,28,30)/b17-14-. The Morgan fingerprint density at radius 2 is 1.77 bits per heavy atom. The number of hydrogen-bond donors (Lipinski definition) is 3. The molecule has 152 valence electrons. The maximum absolute atomic E-state index is 12.3. The second-order valence-corrected chi connectivity index (χ2v) is 7.99. The van der Waals surface area contributed by atoms with Crippen molar-refractivity contribution in [1.29, 1.82) is 5.26 Å². The maximum atomic E-state index is 12.3. The van der Waals surface area contributed by atoms with Gasteiger partial charge in [0.1, 0.15) is 16.6 Å². The molecule has 4 aromatic rings. The molecular weight excluding hydrogens is 406 g/mol. The highest BCUT2D eigenvalue weighted by atomic mass is 32.1. The van der Waals surface area contributed by atoms with E-state index in [9.17, 15) is 10.1 Å². The second kappa shape index (κ2) is 8.69. The zero-order valence-electron chi connectivity index (χ0n) is 16.7. The molecule has 0 aliphatic heterocycles. The molecule has 0 atom stereocenters. The average Bonchev–Trinajstić information content (AvgIpc) is 3.19. The van der Waals surface area contributed by atoms with E-state index in [1.54, 1.807) is 35.6 Å². The second-order valence-electron chi connectivity index (χ2n) is 6.96. The fraction of sp³-hybridized carbons (Fsp3) is 0.0417. The van der Waals surface area contributed by atoms with Crippen molar-refractivity contribution in [1.82, 2.24) is 4.98 Å². The minimum Gasteiger partial charge on any atom is -0.399 e. The number of nitrogens with one attached hydrogen (secondary N) is 2. The number of aromatic nitrogens is 1. The SMILES string of the molecule is Cc1ccc2nc(-c3ccc(N/C=C(/C#N)C(=O)Nc4ccc(N)cc4)cc3)sc2c1. The Balaban J connectivity index is 1.45. The highest BCUT2D eigenvalue weighted by Crippen LogP contribution is 2.31. The van der Waals surface area contributed by atoms with Gasteiger partial charge in [-0.05, 0) is 73.2 Å². The molecule has 7 heteroatoms. The van der Waals surface area contributed by atoms with Gasteiger partial charge in [0.2, 0.25) is 0 Å². The number of nitrogens with two attached hydrogens (primary N) is 1. The topological polar surface area (TPSA) is 104 Å². The van der Waals surface area contributed by atoms with Gasteiger partial charge in [0.15, 0.2) is 0 Å². The summed E-state index contributed by atoms with van der Waals surface area (Å²) in [7, 11) is 0. The number of nitrogen functional groups attached to an aromatic ring is 1. The molecule has 0 spiro atoms. The van der Waals surface area contributed by atoms with E-state index < -0.39 is 5.91 Å². The molecule has 0 saturated heterocycles. The molecule has 4 rings (SSSR count). The smallest absolute Gasteiger partial charge is 0.267 e. The molecule has 1 aromatic heterocycles. The summed E-state index contributed by atoms with van der Waals surface area (Å²) < 4.78 is 1.16. The van der Waals surface area contributed by atoms with Gasteiger partial charge in [0, 0.05) is 28.8 Å². The van der Waals surface area contributed by atoms with E-state index >= 15 is 0 Å². The predicted molar refractivity (Wildman–Crippen MR) is 127 cm³/mol. The highest BCUT2D eigenvalue weighted by Gasteiger charge is 2.10. The Morgan fingerprint density at radius 1 is 1.06 bits per heavy atom. The minimum absolute atomic E-state index is 0.0394. The summed E-state index contributed by atoms with van der Waals surface area (Å²) >= 11 is 1.65. The fourth-order valence-electron chi connectivity index (χ4n) is 2.93. The van der Waals surface area contributed by atoms with E-state index in [-0.39, 0.29) is 5.57 Å². The Hall–Kier alpha value is -4.15. The normalized spacial score (nSPS) is 11.2. The lowest BCUT2D eigenvalue weighted by Gasteiger charge is -2.06. The van der Waals surface area contributed by atoms with E-state index in [2.05, 4.69) is 29.7 Å². The molecule has 1 heterocycles. The molecule has 0 aliphatic rings. The van der Waals surface area contributed by atoms with Crippen LogP contribution in [0.2, 0.25) is 0 Å². The number of amides is 1. The molecule has 31 heavy (non-hydrogen) atoms. The number of hydrogen-bond acceptors (Lipinski definition) is 6. The fourth-order valence-corrected chi connectivity index (χ4v) is 4.00. The number of nitriles is 1. The van der Waals surface area contributed by atoms with Crippen molar-refractivity contribution < 1.29 is 4.79 Å². The number of rotatable bonds is 5. The van der Waals surface area contributed by atoms with Crippen molar-refractivity contribution >= 4 is 44.5 Å². The first-order valence-corrected chi connectivity index (χ1v) is 10.3. The lowest BCUT2D eigenvalue weighted by molar-refractivity contribution is -0.112. The van der Waals surface area contributed by atoms with Crippen LogP contribution in [-0.2, 0) is 4.79 Å². The number of thiazole rings is 1. The third kappa shape index (κ3) is 4.71. The van der Waals surface area contributed by atoms with Crippen LogP contribution in [0, 0.1) is 18.3 Å². The molecule has 0 saturated carbocycles. The van der Waals surface area contributed by atoms with E-state index in [1.807, 2.05) is 36.4 Å². The molecule has 3 aromatic carbocycles. The summed E-state index contributed by atoms with van der Waals surface area (Å²) in [6.07, 6.45) is 1.39. The summed E-state index contributed by atoms with van der Waals surface area (Å²) in [5.41, 5.74) is 10.7. The van der Waals surface area contributed by atoms with Crippen molar-refractivity contribution in [2.75, 3.05) is 16.4 Å². The third-order valence-electron chi connectivity index (χ3n) is 4.59. The van der Waals surface area contributed by atoms with Gasteiger partial charge in [-0.3, -0.25) is 4.79 Å². The van der Waals surface area contributed by atoms with Gasteiger partial charge in [0.25, 0.3) is 5.91 Å². The van der Waals surface area contributed by atoms with Crippen LogP contribution in [0.1, 0.15) is 5.56 Å². The summed E-state index contributed by atoms with van der Waals surface area (Å²) in [5.74, 6) is -0.499. The number of fused-ring (bicyclic) bond motifs is 1. The average molecular weight is 426 g/mol. The van der Waals surface area contributed by atoms with Crippen molar-refractivity contribution in [3.63, 3.8) is 0 Å². The van der Waals surface area contributed by atoms with E-state index in [1.165, 1.54) is 11.8 Å². The van der Waals surface area contributed by atoms with Gasteiger partial charge in [-0.2, -0.15) is 5.26 Å². The lowest BCUT2D eigenvalue weighted by Crippen LogP contribution is -2.14. The van der Waals surface area contributed by atoms with Crippen LogP contribution in [0.15, 0.2) is 78.5 Å². The van der Waals surface area contributed by atoms with Gasteiger partial charge in [-0.15, -0.1) is 11.3 Å². The van der Waals surface area contributed by atoms with Gasteiger partial charge in [-0.1, -0.05) is 6.07 Å². The molecular formula is C24H19N5OS. The van der Waals surface area contributed by atoms with Crippen molar-refractivity contribution in [2.45, 2.75) is 6.92 Å². The van der Waals surface area contributed by atoms with Crippen molar-refractivity contribution in [2.24, 2.45) is 0 Å². The number of carbonyl (C=O) groups excluding carboxylic acids is 1. The number of anilines is 3. The molecule has 4 N–H and O–H groups in total. The van der Waals surface area contributed by atoms with Crippen LogP contribution in [0.4, 0.5) is 17.1 Å². The van der Waals surface area contributed by atoms with E-state index in [0.717, 1.165) is 26.5 Å². The minimum atomic E-state index is -0.499. The number of aryl methyl sites for hydroxylation is 1. The summed E-state index contributed by atoms with van der Waals surface area (Å²) in [5, 5.41) is 16.0. The van der Waals surface area contributed by atoms with Gasteiger partial charge >= 0.3 is 0 Å². The molecule has 0 fully saturated rings. The summed E-state index contributed by atoms with van der Waals surface area (Å²) in [6.45, 7) is 2.07. The first-order valence-electron chi connectivity index (χ1n) is 9.53. The quantitative estimate of drug-likeness (QED) is 0.228. The van der Waals surface area contributed by atoms with Crippen LogP contribution in [0.25, 0.3) is 20.8 Å². The predicted octanol–water partition coefficient (Wildman–Crippen LogP) is 5.31. The largest absolute Gasteiger partial charge is 0.399 e. The van der Waals surface area contributed by atoms with Gasteiger partial charge in [0.05, 0.1) is 10.2 Å². The maximum Gasteiger partial charge on any atom is 0.267 e. The van der Waals surface area contributed by atoms with Crippen molar-refractivity contribution in [3.8, 4) is 16.6 Å². The third-order valence-corrected chi connectivity index (χ3v) is 5.66. The summed E-state index contributed by atoms with van der Waals surface area (Å²) in [6, 6.07) is 22.5. The Labute approximate surface area is 183 Å². The van der Waals surface area contributed by atoms with Crippen LogP contribution >= 0.6 is 11.3 Å². The number of carbonyl (C=O) groups is 1. The molecule has 6 nitrogen and oxygen atoms in total. The highest BCUT2D eigenvalue weighted by molar-refractivity contribution is 7.21. The Kier molecular flexibility index (Phi) is 5.65. The van der Waals surface area contributed by atoms with Gasteiger partial charge in [-0.25, -0.2) is 4.98 Å². The molecule has 0 radical (unpaired) electrons. The van der Waals surface area contributed by atoms with E-state index in [0.29, 0.717) is 11.4 Å². The number of benzene rings is 3. The summed E-state index contributed by atoms with van der Waals surface area (Å²) in [4.78, 5) is 17.0. The zero-order valence-corrected chi connectivity index (χ0v) is 17.5. The Bertz CT molecular complexity index is 1320. The van der Waals surface area contributed by atoms with Crippen LogP contribution < -0.4 is 16.4 Å². The van der Waals surface area contributed by atoms with E-state index in [4.69, 9.17) is 10.7 Å². The molecule has 0 bridgehead atoms. The molecule has 0 aliphatic carbocycles. The van der Waals surface area contributed by atoms with Crippen LogP contribution in [0.3, 0.4) is 0 Å². The van der Waals surface area contributed by atoms with Crippen molar-refractivity contribution in [3.05, 3.63) is 84.1 Å². The first kappa shape index (κ1) is 20.1. The zero-order chi connectivity index (χ0) is 21.8. The van der Waals surface area contributed by atoms with Crippen LogP contribution in [-0.4, -0.2) is 10.9 Å².